The first-order chi connectivity index (χ1) is 6.56. The van der Waals surface area contributed by atoms with Crippen LogP contribution in [0, 0.1) is 5.82 Å². The smallest absolute Gasteiger partial charge is 0.199 e. The summed E-state index contributed by atoms with van der Waals surface area (Å²) in [4.78, 5) is 10.2. The van der Waals surface area contributed by atoms with Gasteiger partial charge in [0, 0.05) is 6.07 Å². The Morgan fingerprint density at radius 2 is 2.14 bits per heavy atom. The van der Waals surface area contributed by atoms with Gasteiger partial charge in [-0.2, -0.15) is 0 Å². The molecule has 1 rings (SSSR count). The molecule has 0 amide bonds. The van der Waals surface area contributed by atoms with Crippen molar-refractivity contribution >= 4 is 29.0 Å². The Labute approximate surface area is 90.6 Å². The number of hydrogen-bond acceptors (Lipinski definition) is 2. The van der Waals surface area contributed by atoms with E-state index in [0.29, 0.717) is 0 Å². The standard InChI is InChI=1S/C9H7Cl2FO2/c1-14-7-4-5(12)2-3-6(7)8(13)9(10)11/h2-4,9H,1H3. The fourth-order valence-electron chi connectivity index (χ4n) is 0.986. The van der Waals surface area contributed by atoms with Crippen molar-refractivity contribution in [3.8, 4) is 5.75 Å². The molecular formula is C9H7Cl2FO2. The van der Waals surface area contributed by atoms with E-state index in [1.54, 1.807) is 0 Å². The SMILES string of the molecule is COc1cc(F)ccc1C(=O)C(Cl)Cl. The van der Waals surface area contributed by atoms with E-state index in [1.165, 1.54) is 13.2 Å². The molecule has 0 saturated carbocycles. The maximum atomic E-state index is 12.7. The first kappa shape index (κ1) is 11.3. The molecule has 1 aromatic rings. The largest absolute Gasteiger partial charge is 0.496 e. The van der Waals surface area contributed by atoms with E-state index in [9.17, 15) is 9.18 Å². The lowest BCUT2D eigenvalue weighted by molar-refractivity contribution is 0.100. The van der Waals surface area contributed by atoms with E-state index >= 15 is 0 Å². The molecule has 0 aromatic heterocycles. The van der Waals surface area contributed by atoms with Gasteiger partial charge in [-0.15, -0.1) is 0 Å². The number of ketones is 1. The van der Waals surface area contributed by atoms with Crippen LogP contribution in [0.15, 0.2) is 18.2 Å². The van der Waals surface area contributed by atoms with Gasteiger partial charge >= 0.3 is 0 Å². The summed E-state index contributed by atoms with van der Waals surface area (Å²) in [5, 5.41) is 0. The monoisotopic (exact) mass is 236 g/mol. The molecule has 5 heteroatoms. The molecule has 0 unspecified atom stereocenters. The van der Waals surface area contributed by atoms with Crippen LogP contribution in [0.3, 0.4) is 0 Å². The molecule has 0 aliphatic carbocycles. The van der Waals surface area contributed by atoms with Crippen molar-refractivity contribution in [3.05, 3.63) is 29.6 Å². The quantitative estimate of drug-likeness (QED) is 0.596. The van der Waals surface area contributed by atoms with Crippen LogP contribution >= 0.6 is 23.2 Å². The molecule has 0 heterocycles. The maximum Gasteiger partial charge on any atom is 0.199 e. The zero-order valence-corrected chi connectivity index (χ0v) is 8.77. The van der Waals surface area contributed by atoms with Gasteiger partial charge in [0.05, 0.1) is 12.7 Å². The number of benzene rings is 1. The summed E-state index contributed by atoms with van der Waals surface area (Å²) in [5.74, 6) is -0.870. The number of methoxy groups -OCH3 is 1. The van der Waals surface area contributed by atoms with Crippen molar-refractivity contribution in [2.45, 2.75) is 4.84 Å². The minimum Gasteiger partial charge on any atom is -0.496 e. The maximum absolute atomic E-state index is 12.7. The molecule has 0 aliphatic heterocycles. The third-order valence-corrected chi connectivity index (χ3v) is 2.02. The van der Waals surface area contributed by atoms with Gasteiger partial charge in [-0.1, -0.05) is 23.2 Å². The molecular weight excluding hydrogens is 230 g/mol. The highest BCUT2D eigenvalue weighted by molar-refractivity contribution is 6.55. The predicted molar refractivity (Wildman–Crippen MR) is 52.8 cm³/mol. The fraction of sp³-hybridized carbons (Fsp3) is 0.222. The van der Waals surface area contributed by atoms with Crippen LogP contribution in [0.1, 0.15) is 10.4 Å². The number of Topliss-reactive ketones (excluding diaryl/α,β-unsaturated/α-hetero) is 1. The Morgan fingerprint density at radius 3 is 2.64 bits per heavy atom. The molecule has 1 aromatic carbocycles. The second kappa shape index (κ2) is 4.62. The molecule has 0 aliphatic rings. The lowest BCUT2D eigenvalue weighted by Crippen LogP contribution is -2.09. The minimum absolute atomic E-state index is 0.126. The van der Waals surface area contributed by atoms with Crippen LogP contribution < -0.4 is 4.74 Å². The molecule has 0 N–H and O–H groups in total. The van der Waals surface area contributed by atoms with Gasteiger partial charge in [0.1, 0.15) is 11.6 Å². The Hall–Kier alpha value is -0.800. The highest BCUT2D eigenvalue weighted by atomic mass is 35.5. The second-order valence-corrected chi connectivity index (χ2v) is 3.61. The fourth-order valence-corrected chi connectivity index (χ4v) is 1.22. The van der Waals surface area contributed by atoms with Gasteiger partial charge in [-0.05, 0) is 12.1 Å². The zero-order chi connectivity index (χ0) is 10.7. The second-order valence-electron chi connectivity index (χ2n) is 2.51. The van der Waals surface area contributed by atoms with E-state index in [1.807, 2.05) is 0 Å². The van der Waals surface area contributed by atoms with Crippen LogP contribution in [-0.2, 0) is 0 Å². The third kappa shape index (κ3) is 2.36. The van der Waals surface area contributed by atoms with Crippen molar-refractivity contribution in [2.75, 3.05) is 7.11 Å². The average Bonchev–Trinajstić information content (AvgIpc) is 2.16. The highest BCUT2D eigenvalue weighted by Crippen LogP contribution is 2.23. The number of carbonyl (C=O) groups excluding carboxylic acids is 1. The van der Waals surface area contributed by atoms with Crippen LogP contribution in [0.25, 0.3) is 0 Å². The van der Waals surface area contributed by atoms with E-state index in [-0.39, 0.29) is 11.3 Å². The van der Waals surface area contributed by atoms with Crippen molar-refractivity contribution in [2.24, 2.45) is 0 Å². The topological polar surface area (TPSA) is 26.3 Å². The van der Waals surface area contributed by atoms with Gasteiger partial charge in [-0.25, -0.2) is 4.39 Å². The number of alkyl halides is 2. The van der Waals surface area contributed by atoms with Crippen molar-refractivity contribution in [3.63, 3.8) is 0 Å². The van der Waals surface area contributed by atoms with Crippen molar-refractivity contribution in [1.29, 1.82) is 0 Å². The summed E-state index contributed by atoms with van der Waals surface area (Å²) >= 11 is 10.8. The highest BCUT2D eigenvalue weighted by Gasteiger charge is 2.18. The Bertz CT molecular complexity index is 353. The lowest BCUT2D eigenvalue weighted by atomic mass is 10.1. The molecule has 76 valence electrons. The van der Waals surface area contributed by atoms with Crippen molar-refractivity contribution < 1.29 is 13.9 Å². The normalized spacial score (nSPS) is 10.4. The van der Waals surface area contributed by atoms with Gasteiger partial charge < -0.3 is 4.74 Å². The van der Waals surface area contributed by atoms with Gasteiger partial charge in [-0.3, -0.25) is 4.79 Å². The lowest BCUT2D eigenvalue weighted by Gasteiger charge is -2.07. The number of hydrogen-bond donors (Lipinski definition) is 0. The summed E-state index contributed by atoms with van der Waals surface area (Å²) in [6, 6.07) is 3.53. The average molecular weight is 237 g/mol. The summed E-state index contributed by atoms with van der Waals surface area (Å²) in [7, 11) is 1.34. The molecule has 0 atom stereocenters. The molecule has 0 bridgehead atoms. The summed E-state index contributed by atoms with van der Waals surface area (Å²) in [6.45, 7) is 0. The molecule has 0 saturated heterocycles. The van der Waals surface area contributed by atoms with E-state index in [0.717, 1.165) is 12.1 Å². The first-order valence-electron chi connectivity index (χ1n) is 3.72. The van der Waals surface area contributed by atoms with E-state index in [4.69, 9.17) is 27.9 Å². The predicted octanol–water partition coefficient (Wildman–Crippen LogP) is 2.82. The summed E-state index contributed by atoms with van der Waals surface area (Å²) in [5.41, 5.74) is 0.170. The first-order valence-corrected chi connectivity index (χ1v) is 4.59. The third-order valence-electron chi connectivity index (χ3n) is 1.63. The van der Waals surface area contributed by atoms with E-state index < -0.39 is 16.4 Å². The van der Waals surface area contributed by atoms with Crippen LogP contribution in [0.5, 0.6) is 5.75 Å². The Balaban J connectivity index is 3.14. The number of carbonyl (C=O) groups is 1. The van der Waals surface area contributed by atoms with Gasteiger partial charge in [0.25, 0.3) is 0 Å². The molecule has 0 spiro atoms. The van der Waals surface area contributed by atoms with E-state index in [2.05, 4.69) is 0 Å². The Morgan fingerprint density at radius 1 is 1.50 bits per heavy atom. The number of ether oxygens (including phenoxy) is 1. The van der Waals surface area contributed by atoms with Gasteiger partial charge in [0.2, 0.25) is 0 Å². The Kier molecular flexibility index (Phi) is 3.72. The summed E-state index contributed by atoms with van der Waals surface area (Å²) < 4.78 is 17.6. The number of halogens is 3. The minimum atomic E-state index is -1.17. The molecule has 0 fully saturated rings. The van der Waals surface area contributed by atoms with Crippen molar-refractivity contribution in [1.82, 2.24) is 0 Å². The van der Waals surface area contributed by atoms with Crippen LogP contribution in [-0.4, -0.2) is 17.7 Å². The molecule has 2 nitrogen and oxygen atoms in total. The summed E-state index contributed by atoms with van der Waals surface area (Å²) in [6.07, 6.45) is 0. The van der Waals surface area contributed by atoms with Gasteiger partial charge in [0.15, 0.2) is 10.6 Å². The molecule has 14 heavy (non-hydrogen) atoms. The zero-order valence-electron chi connectivity index (χ0n) is 7.26. The van der Waals surface area contributed by atoms with Crippen LogP contribution in [0.2, 0.25) is 0 Å². The van der Waals surface area contributed by atoms with Crippen LogP contribution in [0.4, 0.5) is 4.39 Å². The number of rotatable bonds is 3. The molecule has 0 radical (unpaired) electrons.